The highest BCUT2D eigenvalue weighted by Gasteiger charge is 2.20. The zero-order valence-electron chi connectivity index (χ0n) is 16.3. The van der Waals surface area contributed by atoms with E-state index < -0.39 is 23.4 Å². The summed E-state index contributed by atoms with van der Waals surface area (Å²) in [6.45, 7) is 1.93. The van der Waals surface area contributed by atoms with Crippen molar-refractivity contribution in [1.82, 2.24) is 0 Å². The van der Waals surface area contributed by atoms with Crippen molar-refractivity contribution in [1.29, 1.82) is 0 Å². The molecule has 0 aromatic heterocycles. The molecule has 0 atom stereocenters. The van der Waals surface area contributed by atoms with Crippen LogP contribution >= 0.6 is 0 Å². The molecule has 0 bridgehead atoms. The van der Waals surface area contributed by atoms with E-state index in [-0.39, 0.29) is 17.0 Å². The number of nitrogens with zero attached hydrogens (tertiary/aromatic N) is 2. The van der Waals surface area contributed by atoms with Gasteiger partial charge in [-0.05, 0) is 24.3 Å². The molecule has 3 rings (SSSR count). The molecule has 1 aliphatic heterocycles. The molecule has 158 valence electrons. The topological polar surface area (TPSA) is 120 Å². The van der Waals surface area contributed by atoms with Gasteiger partial charge in [-0.3, -0.25) is 14.9 Å². The number of nitro groups is 1. The number of nitro benzene ring substituents is 1. The van der Waals surface area contributed by atoms with E-state index in [4.69, 9.17) is 14.2 Å². The van der Waals surface area contributed by atoms with Crippen LogP contribution in [0.2, 0.25) is 0 Å². The molecule has 1 fully saturated rings. The number of para-hydroxylation sites is 2. The third-order valence-corrected chi connectivity index (χ3v) is 4.46. The van der Waals surface area contributed by atoms with Crippen LogP contribution in [0.25, 0.3) is 0 Å². The van der Waals surface area contributed by atoms with E-state index in [2.05, 4.69) is 5.32 Å². The zero-order chi connectivity index (χ0) is 21.5. The molecule has 0 spiro atoms. The first-order valence-corrected chi connectivity index (χ1v) is 9.20. The summed E-state index contributed by atoms with van der Waals surface area (Å²) >= 11 is 0. The van der Waals surface area contributed by atoms with Gasteiger partial charge in [0.25, 0.3) is 5.91 Å². The first kappa shape index (κ1) is 21.1. The third-order valence-electron chi connectivity index (χ3n) is 4.46. The smallest absolute Gasteiger partial charge is 0.337 e. The van der Waals surface area contributed by atoms with E-state index in [0.717, 1.165) is 5.69 Å². The second-order valence-electron chi connectivity index (χ2n) is 6.38. The van der Waals surface area contributed by atoms with Crippen LogP contribution in [-0.4, -0.2) is 56.8 Å². The molecule has 0 aliphatic carbocycles. The molecule has 1 amide bonds. The van der Waals surface area contributed by atoms with Gasteiger partial charge in [-0.2, -0.15) is 0 Å². The number of morpholine rings is 1. The summed E-state index contributed by atoms with van der Waals surface area (Å²) in [5.41, 5.74) is 1.19. The number of methoxy groups -OCH3 is 1. The average Bonchev–Trinajstić information content (AvgIpc) is 2.77. The van der Waals surface area contributed by atoms with Crippen molar-refractivity contribution < 1.29 is 28.7 Å². The van der Waals surface area contributed by atoms with Crippen LogP contribution in [0.5, 0.6) is 5.75 Å². The molecule has 30 heavy (non-hydrogen) atoms. The maximum Gasteiger partial charge on any atom is 0.337 e. The van der Waals surface area contributed by atoms with E-state index >= 15 is 0 Å². The van der Waals surface area contributed by atoms with Crippen LogP contribution < -0.4 is 15.0 Å². The van der Waals surface area contributed by atoms with Gasteiger partial charge in [0.05, 0.1) is 42.2 Å². The average molecular weight is 415 g/mol. The zero-order valence-corrected chi connectivity index (χ0v) is 16.3. The Kier molecular flexibility index (Phi) is 6.81. The highest BCUT2D eigenvalue weighted by Crippen LogP contribution is 2.29. The Labute approximate surface area is 172 Å². The van der Waals surface area contributed by atoms with Crippen molar-refractivity contribution in [2.45, 2.75) is 0 Å². The summed E-state index contributed by atoms with van der Waals surface area (Å²) in [6.07, 6.45) is 0. The lowest BCUT2D eigenvalue weighted by Gasteiger charge is -2.30. The lowest BCUT2D eigenvalue weighted by atomic mass is 10.1. The van der Waals surface area contributed by atoms with Crippen LogP contribution in [0.4, 0.5) is 17.1 Å². The number of anilines is 2. The van der Waals surface area contributed by atoms with Crippen molar-refractivity contribution in [3.05, 3.63) is 58.1 Å². The van der Waals surface area contributed by atoms with Crippen LogP contribution in [0.1, 0.15) is 10.4 Å². The van der Waals surface area contributed by atoms with E-state index in [1.54, 1.807) is 18.2 Å². The minimum Gasteiger partial charge on any atom is -0.477 e. The molecule has 0 radical (unpaired) electrons. The number of hydrogen-bond donors (Lipinski definition) is 1. The standard InChI is InChI=1S/C20H21N3O7/c1-28-20(25)14-6-7-16(22-8-10-29-11-9-22)15(12-14)21-19(24)13-30-18-5-3-2-4-17(18)23(26)27/h2-7,12H,8-11,13H2,1H3,(H,21,24). The fraction of sp³-hybridized carbons (Fsp3) is 0.300. The van der Waals surface area contributed by atoms with Gasteiger partial charge in [0.1, 0.15) is 0 Å². The first-order valence-electron chi connectivity index (χ1n) is 9.20. The summed E-state index contributed by atoms with van der Waals surface area (Å²) in [5.74, 6) is -1.06. The molecule has 1 saturated heterocycles. The van der Waals surface area contributed by atoms with Crippen LogP contribution in [0.3, 0.4) is 0 Å². The molecule has 10 heteroatoms. The molecule has 1 N–H and O–H groups in total. The van der Waals surface area contributed by atoms with Gasteiger partial charge in [0.2, 0.25) is 0 Å². The third kappa shape index (κ3) is 5.03. The number of hydrogen-bond acceptors (Lipinski definition) is 8. The maximum atomic E-state index is 12.5. The van der Waals surface area contributed by atoms with Crippen molar-refractivity contribution in [3.63, 3.8) is 0 Å². The number of carbonyl (C=O) groups excluding carboxylic acids is 2. The Bertz CT molecular complexity index is 942. The second kappa shape index (κ2) is 9.70. The highest BCUT2D eigenvalue weighted by atomic mass is 16.6. The van der Waals surface area contributed by atoms with Gasteiger partial charge in [-0.15, -0.1) is 0 Å². The van der Waals surface area contributed by atoms with Gasteiger partial charge in [-0.25, -0.2) is 4.79 Å². The molecule has 1 aliphatic rings. The minimum absolute atomic E-state index is 0.00522. The SMILES string of the molecule is COC(=O)c1ccc(N2CCOCC2)c(NC(=O)COc2ccccc2[N+](=O)[O-])c1. The number of esters is 1. The first-order chi connectivity index (χ1) is 14.5. The monoisotopic (exact) mass is 415 g/mol. The lowest BCUT2D eigenvalue weighted by molar-refractivity contribution is -0.385. The fourth-order valence-electron chi connectivity index (χ4n) is 3.02. The molecule has 2 aromatic rings. The Morgan fingerprint density at radius 3 is 2.63 bits per heavy atom. The normalized spacial score (nSPS) is 13.4. The molecular formula is C20H21N3O7. The molecule has 1 heterocycles. The van der Waals surface area contributed by atoms with E-state index in [0.29, 0.717) is 32.0 Å². The second-order valence-corrected chi connectivity index (χ2v) is 6.38. The summed E-state index contributed by atoms with van der Waals surface area (Å²) < 4.78 is 15.4. The Balaban J connectivity index is 1.77. The van der Waals surface area contributed by atoms with Gasteiger partial charge in [0.15, 0.2) is 12.4 Å². The summed E-state index contributed by atoms with van der Waals surface area (Å²) in [4.78, 5) is 36.9. The Morgan fingerprint density at radius 1 is 1.20 bits per heavy atom. The molecule has 2 aromatic carbocycles. The van der Waals surface area contributed by atoms with Gasteiger partial charge in [0, 0.05) is 19.2 Å². The maximum absolute atomic E-state index is 12.5. The van der Waals surface area contributed by atoms with E-state index in [1.807, 2.05) is 4.90 Å². The summed E-state index contributed by atoms with van der Waals surface area (Å²) in [5, 5.41) is 13.8. The molecule has 10 nitrogen and oxygen atoms in total. The number of rotatable bonds is 7. The summed E-state index contributed by atoms with van der Waals surface area (Å²) in [7, 11) is 1.27. The quantitative estimate of drug-likeness (QED) is 0.415. The van der Waals surface area contributed by atoms with Gasteiger partial charge in [-0.1, -0.05) is 12.1 Å². The van der Waals surface area contributed by atoms with Gasteiger partial charge >= 0.3 is 11.7 Å². The van der Waals surface area contributed by atoms with Gasteiger partial charge < -0.3 is 24.4 Å². The summed E-state index contributed by atoms with van der Waals surface area (Å²) in [6, 6.07) is 10.7. The van der Waals surface area contributed by atoms with Crippen molar-refractivity contribution >= 4 is 28.9 Å². The van der Waals surface area contributed by atoms with Crippen LogP contribution in [0.15, 0.2) is 42.5 Å². The fourth-order valence-corrected chi connectivity index (χ4v) is 3.02. The number of carbonyl (C=O) groups is 2. The predicted molar refractivity (Wildman–Crippen MR) is 108 cm³/mol. The molecular weight excluding hydrogens is 394 g/mol. The molecule has 0 unspecified atom stereocenters. The number of ether oxygens (including phenoxy) is 3. The van der Waals surface area contributed by atoms with E-state index in [9.17, 15) is 19.7 Å². The van der Waals surface area contributed by atoms with Crippen molar-refractivity contribution in [2.24, 2.45) is 0 Å². The largest absolute Gasteiger partial charge is 0.477 e. The number of amides is 1. The number of nitrogens with one attached hydrogen (secondary N) is 1. The number of benzene rings is 2. The van der Waals surface area contributed by atoms with E-state index in [1.165, 1.54) is 31.4 Å². The van der Waals surface area contributed by atoms with Crippen molar-refractivity contribution in [3.8, 4) is 5.75 Å². The van der Waals surface area contributed by atoms with Crippen LogP contribution in [-0.2, 0) is 14.3 Å². The highest BCUT2D eigenvalue weighted by molar-refractivity contribution is 5.98. The molecule has 0 saturated carbocycles. The minimum atomic E-state index is -0.580. The Morgan fingerprint density at radius 2 is 1.93 bits per heavy atom. The Hall–Kier alpha value is -3.66. The van der Waals surface area contributed by atoms with Crippen molar-refractivity contribution in [2.75, 3.05) is 50.2 Å². The predicted octanol–water partition coefficient (Wildman–Crippen LogP) is 2.24. The van der Waals surface area contributed by atoms with Crippen LogP contribution in [0, 0.1) is 10.1 Å². The lowest BCUT2D eigenvalue weighted by Crippen LogP contribution is -2.37.